The molecule has 2 atom stereocenters. The van der Waals surface area contributed by atoms with E-state index in [2.05, 4.69) is 18.9 Å². The van der Waals surface area contributed by atoms with Crippen LogP contribution >= 0.6 is 11.8 Å². The summed E-state index contributed by atoms with van der Waals surface area (Å²) in [5.41, 5.74) is 0. The number of carbonyl (C=O) groups is 1. The van der Waals surface area contributed by atoms with Crippen LogP contribution in [0.2, 0.25) is 0 Å². The molecular weight excluding hydrogens is 258 g/mol. The summed E-state index contributed by atoms with van der Waals surface area (Å²) in [6.45, 7) is 4.26. The first-order valence-electron chi connectivity index (χ1n) is 7.57. The second-order valence-corrected chi connectivity index (χ2v) is 6.85. The number of nitrogens with zero attached hydrogens (tertiary/aromatic N) is 1. The van der Waals surface area contributed by atoms with Gasteiger partial charge in [0.05, 0.1) is 13.0 Å². The molecule has 0 aromatic heterocycles. The molecule has 112 valence electrons. The normalized spacial score (nSPS) is 24.4. The minimum atomic E-state index is -0.0171. The molecule has 0 aliphatic carbocycles. The van der Waals surface area contributed by atoms with Crippen molar-refractivity contribution in [2.75, 3.05) is 33.0 Å². The number of esters is 1. The Morgan fingerprint density at radius 2 is 2.05 bits per heavy atom. The number of hydrogen-bond donors (Lipinski definition) is 0. The van der Waals surface area contributed by atoms with Gasteiger partial charge in [0, 0.05) is 11.8 Å². The standard InChI is InChI=1S/C15H29NO2S/c1-4-5-6-7-8-11-19-14-12-16(2)10-9-13(14)15(17)18-3/h13-14H,4-12H2,1-3H3. The summed E-state index contributed by atoms with van der Waals surface area (Å²) in [6.07, 6.45) is 7.54. The monoisotopic (exact) mass is 287 g/mol. The molecule has 1 saturated heterocycles. The molecule has 1 heterocycles. The van der Waals surface area contributed by atoms with E-state index in [0.29, 0.717) is 5.25 Å². The van der Waals surface area contributed by atoms with Crippen LogP contribution in [0.5, 0.6) is 0 Å². The van der Waals surface area contributed by atoms with Crippen molar-refractivity contribution in [3.63, 3.8) is 0 Å². The largest absolute Gasteiger partial charge is 0.469 e. The quantitative estimate of drug-likeness (QED) is 0.506. The third kappa shape index (κ3) is 6.17. The molecule has 0 bridgehead atoms. The van der Waals surface area contributed by atoms with E-state index in [1.54, 1.807) is 0 Å². The second kappa shape index (κ2) is 9.65. The van der Waals surface area contributed by atoms with E-state index in [4.69, 9.17) is 4.74 Å². The average molecular weight is 287 g/mol. The van der Waals surface area contributed by atoms with Crippen molar-refractivity contribution in [2.24, 2.45) is 5.92 Å². The maximum atomic E-state index is 11.8. The molecule has 0 radical (unpaired) electrons. The molecular formula is C15H29NO2S. The van der Waals surface area contributed by atoms with E-state index in [9.17, 15) is 4.79 Å². The summed E-state index contributed by atoms with van der Waals surface area (Å²) >= 11 is 1.97. The van der Waals surface area contributed by atoms with Gasteiger partial charge in [-0.1, -0.05) is 32.6 Å². The highest BCUT2D eigenvalue weighted by atomic mass is 32.2. The smallest absolute Gasteiger partial charge is 0.309 e. The van der Waals surface area contributed by atoms with Crippen molar-refractivity contribution < 1.29 is 9.53 Å². The molecule has 2 unspecified atom stereocenters. The zero-order valence-corrected chi connectivity index (χ0v) is 13.5. The molecule has 0 amide bonds. The fourth-order valence-corrected chi connectivity index (χ4v) is 4.11. The van der Waals surface area contributed by atoms with Crippen molar-refractivity contribution in [2.45, 2.75) is 50.7 Å². The van der Waals surface area contributed by atoms with Gasteiger partial charge >= 0.3 is 5.97 Å². The van der Waals surface area contributed by atoms with E-state index < -0.39 is 0 Å². The van der Waals surface area contributed by atoms with Crippen molar-refractivity contribution in [3.05, 3.63) is 0 Å². The lowest BCUT2D eigenvalue weighted by atomic mass is 9.97. The number of hydrogen-bond acceptors (Lipinski definition) is 4. The first-order chi connectivity index (χ1) is 9.19. The lowest BCUT2D eigenvalue weighted by molar-refractivity contribution is -0.146. The highest BCUT2D eigenvalue weighted by Crippen LogP contribution is 2.29. The zero-order valence-electron chi connectivity index (χ0n) is 12.7. The molecule has 0 aromatic rings. The number of carbonyl (C=O) groups excluding carboxylic acids is 1. The topological polar surface area (TPSA) is 29.5 Å². The van der Waals surface area contributed by atoms with E-state index in [1.807, 2.05) is 11.8 Å². The Kier molecular flexibility index (Phi) is 8.55. The van der Waals surface area contributed by atoms with Crippen LogP contribution in [0, 0.1) is 5.92 Å². The van der Waals surface area contributed by atoms with Crippen molar-refractivity contribution in [1.29, 1.82) is 0 Å². The molecule has 3 nitrogen and oxygen atoms in total. The van der Waals surface area contributed by atoms with Crippen LogP contribution in [0.25, 0.3) is 0 Å². The first kappa shape index (κ1) is 16.8. The molecule has 1 rings (SSSR count). The summed E-state index contributed by atoms with van der Waals surface area (Å²) in [7, 11) is 3.65. The van der Waals surface area contributed by atoms with E-state index >= 15 is 0 Å². The summed E-state index contributed by atoms with van der Waals surface area (Å²) in [6, 6.07) is 0. The van der Waals surface area contributed by atoms with Gasteiger partial charge in [0.2, 0.25) is 0 Å². The summed E-state index contributed by atoms with van der Waals surface area (Å²) in [5, 5.41) is 0.414. The van der Waals surface area contributed by atoms with Gasteiger partial charge < -0.3 is 9.64 Å². The molecule has 0 aromatic carbocycles. The molecule has 1 fully saturated rings. The SMILES string of the molecule is CCCCCCCSC1CN(C)CCC1C(=O)OC. The lowest BCUT2D eigenvalue weighted by Gasteiger charge is -2.34. The number of ether oxygens (including phenoxy) is 1. The molecule has 19 heavy (non-hydrogen) atoms. The van der Waals surface area contributed by atoms with Crippen molar-refractivity contribution >= 4 is 17.7 Å². The third-order valence-corrected chi connectivity index (χ3v) is 5.28. The number of piperidine rings is 1. The molecule has 0 N–H and O–H groups in total. The molecule has 0 saturated carbocycles. The van der Waals surface area contributed by atoms with E-state index in [1.165, 1.54) is 45.0 Å². The minimum absolute atomic E-state index is 0.0171. The van der Waals surface area contributed by atoms with Crippen molar-refractivity contribution in [1.82, 2.24) is 4.90 Å². The van der Waals surface area contributed by atoms with Crippen LogP contribution in [0.3, 0.4) is 0 Å². The van der Waals surface area contributed by atoms with Gasteiger partial charge in [-0.25, -0.2) is 0 Å². The van der Waals surface area contributed by atoms with Crippen LogP contribution < -0.4 is 0 Å². The van der Waals surface area contributed by atoms with Gasteiger partial charge in [-0.05, 0) is 32.2 Å². The fraction of sp³-hybridized carbons (Fsp3) is 0.933. The number of methoxy groups -OCH3 is 1. The van der Waals surface area contributed by atoms with E-state index in [0.717, 1.165) is 19.5 Å². The number of rotatable bonds is 8. The Morgan fingerprint density at radius 1 is 1.32 bits per heavy atom. The van der Waals surface area contributed by atoms with Crippen LogP contribution in [-0.2, 0) is 9.53 Å². The zero-order chi connectivity index (χ0) is 14.1. The Hall–Kier alpha value is -0.220. The summed E-state index contributed by atoms with van der Waals surface area (Å²) in [5.74, 6) is 1.26. The molecule has 4 heteroatoms. The van der Waals surface area contributed by atoms with Crippen LogP contribution in [-0.4, -0.2) is 49.1 Å². The van der Waals surface area contributed by atoms with Gasteiger partial charge in [0.15, 0.2) is 0 Å². The molecule has 1 aliphatic rings. The van der Waals surface area contributed by atoms with Crippen LogP contribution in [0.4, 0.5) is 0 Å². The number of unbranched alkanes of at least 4 members (excludes halogenated alkanes) is 4. The average Bonchev–Trinajstić information content (AvgIpc) is 2.42. The Labute approximate surface area is 122 Å². The predicted molar refractivity (Wildman–Crippen MR) is 82.6 cm³/mol. The van der Waals surface area contributed by atoms with Crippen LogP contribution in [0.1, 0.15) is 45.4 Å². The van der Waals surface area contributed by atoms with Crippen LogP contribution in [0.15, 0.2) is 0 Å². The maximum absolute atomic E-state index is 11.8. The number of likely N-dealkylation sites (tertiary alicyclic amines) is 1. The van der Waals surface area contributed by atoms with E-state index in [-0.39, 0.29) is 11.9 Å². The van der Waals surface area contributed by atoms with Gasteiger partial charge in [-0.15, -0.1) is 0 Å². The lowest BCUT2D eigenvalue weighted by Crippen LogP contribution is -2.43. The fourth-order valence-electron chi connectivity index (χ4n) is 2.60. The Morgan fingerprint density at radius 3 is 2.74 bits per heavy atom. The Bertz CT molecular complexity index is 261. The van der Waals surface area contributed by atoms with Gasteiger partial charge in [-0.2, -0.15) is 11.8 Å². The third-order valence-electron chi connectivity index (χ3n) is 3.85. The number of thioether (sulfide) groups is 1. The highest BCUT2D eigenvalue weighted by Gasteiger charge is 2.33. The molecule has 0 spiro atoms. The van der Waals surface area contributed by atoms with Gasteiger partial charge in [-0.3, -0.25) is 4.79 Å². The second-order valence-electron chi connectivity index (χ2n) is 5.50. The predicted octanol–water partition coefficient (Wildman–Crippen LogP) is 3.18. The first-order valence-corrected chi connectivity index (χ1v) is 8.61. The molecule has 1 aliphatic heterocycles. The van der Waals surface area contributed by atoms with Crippen molar-refractivity contribution in [3.8, 4) is 0 Å². The highest BCUT2D eigenvalue weighted by molar-refractivity contribution is 7.99. The van der Waals surface area contributed by atoms with Gasteiger partial charge in [0.25, 0.3) is 0 Å². The Balaban J connectivity index is 2.28. The minimum Gasteiger partial charge on any atom is -0.469 e. The van der Waals surface area contributed by atoms with Gasteiger partial charge in [0.1, 0.15) is 0 Å². The summed E-state index contributed by atoms with van der Waals surface area (Å²) in [4.78, 5) is 14.1. The maximum Gasteiger partial charge on any atom is 0.309 e. The summed E-state index contributed by atoms with van der Waals surface area (Å²) < 4.78 is 4.94.